The van der Waals surface area contributed by atoms with Gasteiger partial charge in [-0.15, -0.1) is 0 Å². The minimum Gasteiger partial charge on any atom is -0.367 e. The average molecular weight is 243 g/mol. The number of fused-ring (bicyclic) bond motifs is 1. The first-order chi connectivity index (χ1) is 8.65. The number of likely N-dealkylation sites (N-methyl/N-ethyl adjacent to an activating group) is 1. The van der Waals surface area contributed by atoms with Crippen LogP contribution in [0, 0.1) is 6.92 Å². The van der Waals surface area contributed by atoms with Crippen molar-refractivity contribution < 1.29 is 0 Å². The molecule has 0 bridgehead atoms. The monoisotopic (exact) mass is 243 g/mol. The van der Waals surface area contributed by atoms with Crippen LogP contribution in [-0.2, 0) is 7.05 Å². The van der Waals surface area contributed by atoms with Crippen LogP contribution in [0.25, 0.3) is 10.9 Å². The number of nitrogens with zero attached hydrogens (tertiary/aromatic N) is 3. The van der Waals surface area contributed by atoms with Gasteiger partial charge in [-0.25, -0.2) is 0 Å². The van der Waals surface area contributed by atoms with Gasteiger partial charge in [0.05, 0.1) is 11.2 Å². The van der Waals surface area contributed by atoms with Crippen molar-refractivity contribution in [2.45, 2.75) is 6.92 Å². The van der Waals surface area contributed by atoms with Crippen molar-refractivity contribution >= 4 is 16.6 Å². The summed E-state index contributed by atoms with van der Waals surface area (Å²) in [6, 6.07) is 6.75. The maximum absolute atomic E-state index is 2.51. The van der Waals surface area contributed by atoms with Crippen molar-refractivity contribution in [1.29, 1.82) is 0 Å². The van der Waals surface area contributed by atoms with Crippen LogP contribution in [0.2, 0.25) is 0 Å². The molecule has 2 heterocycles. The fourth-order valence-corrected chi connectivity index (χ4v) is 2.77. The standard InChI is InChI=1S/C15H21N3/c1-12-4-5-13-14(10-12)17(3)11-15(13)18-8-6-16(2)7-9-18/h4-5,10-11H,6-9H2,1-3H3. The lowest BCUT2D eigenvalue weighted by molar-refractivity contribution is 0.313. The third kappa shape index (κ3) is 1.89. The summed E-state index contributed by atoms with van der Waals surface area (Å²) in [5, 5.41) is 1.38. The minimum absolute atomic E-state index is 1.13. The number of hydrogen-bond acceptors (Lipinski definition) is 2. The van der Waals surface area contributed by atoms with Gasteiger partial charge in [0.15, 0.2) is 0 Å². The largest absolute Gasteiger partial charge is 0.367 e. The summed E-state index contributed by atoms with van der Waals surface area (Å²) < 4.78 is 2.25. The molecule has 1 aliphatic heterocycles. The molecule has 1 aromatic heterocycles. The molecule has 0 saturated carbocycles. The average Bonchev–Trinajstić information content (AvgIpc) is 2.68. The molecular formula is C15H21N3. The number of benzene rings is 1. The van der Waals surface area contributed by atoms with E-state index in [1.54, 1.807) is 0 Å². The van der Waals surface area contributed by atoms with Crippen molar-refractivity contribution in [1.82, 2.24) is 9.47 Å². The first-order valence-electron chi connectivity index (χ1n) is 6.64. The quantitative estimate of drug-likeness (QED) is 0.761. The first-order valence-corrected chi connectivity index (χ1v) is 6.64. The lowest BCUT2D eigenvalue weighted by Crippen LogP contribution is -2.44. The highest BCUT2D eigenvalue weighted by molar-refractivity contribution is 5.94. The highest BCUT2D eigenvalue weighted by Crippen LogP contribution is 2.29. The van der Waals surface area contributed by atoms with Crippen LogP contribution in [0.5, 0.6) is 0 Å². The van der Waals surface area contributed by atoms with Gasteiger partial charge < -0.3 is 14.4 Å². The maximum atomic E-state index is 2.51. The smallest absolute Gasteiger partial charge is 0.0626 e. The van der Waals surface area contributed by atoms with Gasteiger partial charge in [0.1, 0.15) is 0 Å². The summed E-state index contributed by atoms with van der Waals surface area (Å²) in [6.45, 7) is 6.72. The van der Waals surface area contributed by atoms with Gasteiger partial charge in [-0.1, -0.05) is 12.1 Å². The predicted octanol–water partition coefficient (Wildman–Crippen LogP) is 2.24. The molecule has 2 aromatic rings. The topological polar surface area (TPSA) is 11.4 Å². The van der Waals surface area contributed by atoms with E-state index < -0.39 is 0 Å². The van der Waals surface area contributed by atoms with E-state index in [0.717, 1.165) is 26.2 Å². The molecule has 0 radical (unpaired) electrons. The fraction of sp³-hybridized carbons (Fsp3) is 0.467. The number of hydrogen-bond donors (Lipinski definition) is 0. The summed E-state index contributed by atoms with van der Waals surface area (Å²) in [4.78, 5) is 4.91. The molecule has 96 valence electrons. The summed E-state index contributed by atoms with van der Waals surface area (Å²) in [5.74, 6) is 0. The van der Waals surface area contributed by atoms with E-state index in [4.69, 9.17) is 0 Å². The zero-order valence-corrected chi connectivity index (χ0v) is 11.5. The second-order valence-electron chi connectivity index (χ2n) is 5.44. The Morgan fingerprint density at radius 2 is 1.72 bits per heavy atom. The van der Waals surface area contributed by atoms with E-state index in [1.165, 1.54) is 22.2 Å². The van der Waals surface area contributed by atoms with Crippen LogP contribution >= 0.6 is 0 Å². The summed E-state index contributed by atoms with van der Waals surface area (Å²) in [7, 11) is 4.34. The zero-order valence-electron chi connectivity index (χ0n) is 11.5. The van der Waals surface area contributed by atoms with E-state index in [9.17, 15) is 0 Å². The van der Waals surface area contributed by atoms with E-state index >= 15 is 0 Å². The van der Waals surface area contributed by atoms with Crippen LogP contribution in [0.4, 0.5) is 5.69 Å². The van der Waals surface area contributed by atoms with Crippen LogP contribution in [-0.4, -0.2) is 42.7 Å². The molecular weight excluding hydrogens is 222 g/mol. The molecule has 3 heteroatoms. The summed E-state index contributed by atoms with van der Waals surface area (Å²) in [5.41, 5.74) is 4.05. The fourth-order valence-electron chi connectivity index (χ4n) is 2.77. The van der Waals surface area contributed by atoms with Gasteiger partial charge in [-0.3, -0.25) is 0 Å². The second kappa shape index (κ2) is 4.32. The molecule has 0 amide bonds. The molecule has 1 saturated heterocycles. The Morgan fingerprint density at radius 1 is 1.00 bits per heavy atom. The first kappa shape index (κ1) is 11.6. The number of rotatable bonds is 1. The van der Waals surface area contributed by atoms with Crippen molar-refractivity contribution in [2.75, 3.05) is 38.1 Å². The maximum Gasteiger partial charge on any atom is 0.0626 e. The minimum atomic E-state index is 1.13. The third-order valence-electron chi connectivity index (χ3n) is 3.97. The molecule has 0 unspecified atom stereocenters. The molecule has 3 nitrogen and oxygen atoms in total. The van der Waals surface area contributed by atoms with Crippen molar-refractivity contribution in [3.05, 3.63) is 30.0 Å². The van der Waals surface area contributed by atoms with E-state index in [0.29, 0.717) is 0 Å². The van der Waals surface area contributed by atoms with E-state index in [2.05, 4.69) is 59.8 Å². The van der Waals surface area contributed by atoms with Gasteiger partial charge in [0.25, 0.3) is 0 Å². The molecule has 1 aromatic carbocycles. The lowest BCUT2D eigenvalue weighted by Gasteiger charge is -2.33. The summed E-state index contributed by atoms with van der Waals surface area (Å²) in [6.07, 6.45) is 2.27. The van der Waals surface area contributed by atoms with E-state index in [1.807, 2.05) is 0 Å². The number of aryl methyl sites for hydroxylation is 2. The molecule has 1 fully saturated rings. The van der Waals surface area contributed by atoms with Crippen LogP contribution in [0.1, 0.15) is 5.56 Å². The number of anilines is 1. The summed E-state index contributed by atoms with van der Waals surface area (Å²) >= 11 is 0. The van der Waals surface area contributed by atoms with Crippen molar-refractivity contribution in [3.8, 4) is 0 Å². The molecule has 0 atom stereocenters. The third-order valence-corrected chi connectivity index (χ3v) is 3.97. The molecule has 0 N–H and O–H groups in total. The molecule has 18 heavy (non-hydrogen) atoms. The van der Waals surface area contributed by atoms with Gasteiger partial charge >= 0.3 is 0 Å². The van der Waals surface area contributed by atoms with Crippen LogP contribution in [0.3, 0.4) is 0 Å². The Kier molecular flexibility index (Phi) is 2.78. The Hall–Kier alpha value is -1.48. The Bertz CT molecular complexity index is 562. The van der Waals surface area contributed by atoms with Gasteiger partial charge in [0, 0.05) is 44.8 Å². The Balaban J connectivity index is 2.02. The van der Waals surface area contributed by atoms with Gasteiger partial charge in [0.2, 0.25) is 0 Å². The van der Waals surface area contributed by atoms with Crippen molar-refractivity contribution in [2.24, 2.45) is 7.05 Å². The van der Waals surface area contributed by atoms with Gasteiger partial charge in [-0.05, 0) is 25.6 Å². The number of aromatic nitrogens is 1. The Morgan fingerprint density at radius 3 is 2.44 bits per heavy atom. The number of piperazine rings is 1. The highest BCUT2D eigenvalue weighted by Gasteiger charge is 2.18. The zero-order chi connectivity index (χ0) is 12.7. The molecule has 3 rings (SSSR count). The van der Waals surface area contributed by atoms with Crippen LogP contribution in [0.15, 0.2) is 24.4 Å². The Labute approximate surface area is 109 Å². The lowest BCUT2D eigenvalue weighted by atomic mass is 10.1. The molecule has 0 aliphatic carbocycles. The predicted molar refractivity (Wildman–Crippen MR) is 77.4 cm³/mol. The SMILES string of the molecule is Cc1ccc2c(N3CCN(C)CC3)cn(C)c2c1. The highest BCUT2D eigenvalue weighted by atomic mass is 15.3. The van der Waals surface area contributed by atoms with Crippen molar-refractivity contribution in [3.63, 3.8) is 0 Å². The normalized spacial score (nSPS) is 17.6. The van der Waals surface area contributed by atoms with E-state index in [-0.39, 0.29) is 0 Å². The second-order valence-corrected chi connectivity index (χ2v) is 5.44. The molecule has 1 aliphatic rings. The van der Waals surface area contributed by atoms with Gasteiger partial charge in [-0.2, -0.15) is 0 Å². The molecule has 0 spiro atoms. The van der Waals surface area contributed by atoms with Crippen LogP contribution < -0.4 is 4.90 Å².